The molecule has 0 radical (unpaired) electrons. The van der Waals surface area contributed by atoms with Gasteiger partial charge >= 0.3 is 0 Å². The lowest BCUT2D eigenvalue weighted by Crippen LogP contribution is -2.01. The number of benzene rings is 1. The van der Waals surface area contributed by atoms with Crippen LogP contribution >= 0.6 is 11.3 Å². The molecule has 1 aromatic carbocycles. The van der Waals surface area contributed by atoms with Crippen LogP contribution in [0.5, 0.6) is 5.75 Å². The van der Waals surface area contributed by atoms with Crippen molar-refractivity contribution in [2.24, 2.45) is 0 Å². The van der Waals surface area contributed by atoms with E-state index in [1.54, 1.807) is 12.1 Å². The minimum atomic E-state index is -0.558. The molecule has 1 heterocycles. The molecule has 6 nitrogen and oxygen atoms in total. The average Bonchev–Trinajstić information content (AvgIpc) is 2.85. The highest BCUT2D eigenvalue weighted by Crippen LogP contribution is 2.29. The summed E-state index contributed by atoms with van der Waals surface area (Å²) in [4.78, 5) is 11.8. The molecule has 0 aliphatic rings. The van der Waals surface area contributed by atoms with Crippen molar-refractivity contribution in [2.45, 2.75) is 6.54 Å². The maximum Gasteiger partial charge on any atom is 0.296 e. The van der Waals surface area contributed by atoms with Gasteiger partial charge in [0.05, 0.1) is 11.0 Å². The second kappa shape index (κ2) is 5.37. The number of nitro benzene ring substituents is 1. The Morgan fingerprint density at radius 3 is 2.84 bits per heavy atom. The molecule has 0 bridgehead atoms. The average molecular weight is 275 g/mol. The number of nitro groups is 1. The molecule has 0 amide bonds. The summed E-state index contributed by atoms with van der Waals surface area (Å²) >= 11 is 1.33. The van der Waals surface area contributed by atoms with Crippen LogP contribution in [0.3, 0.4) is 0 Å². The number of hydrogen-bond acceptors (Lipinski definition) is 6. The Balaban J connectivity index is 2.15. The highest BCUT2D eigenvalue weighted by atomic mass is 32.1. The molecule has 1 aromatic heterocycles. The second-order valence-corrected chi connectivity index (χ2v) is 4.86. The molecule has 0 aliphatic carbocycles. The number of hydrogen-bond donors (Lipinski definition) is 2. The fraction of sp³-hybridized carbons (Fsp3) is 0.0833. The molecule has 0 atom stereocenters. The van der Waals surface area contributed by atoms with E-state index in [0.29, 0.717) is 17.1 Å². The first-order valence-corrected chi connectivity index (χ1v) is 6.12. The number of rotatable bonds is 4. The smallest absolute Gasteiger partial charge is 0.296 e. The minimum absolute atomic E-state index is 0.153. The Hall–Kier alpha value is -2.59. The predicted octanol–water partition coefficient (Wildman–Crippen LogP) is 2.85. The van der Waals surface area contributed by atoms with Gasteiger partial charge in [0.2, 0.25) is 0 Å². The zero-order valence-corrected chi connectivity index (χ0v) is 10.5. The van der Waals surface area contributed by atoms with E-state index in [0.717, 1.165) is 10.9 Å². The molecule has 7 heteroatoms. The van der Waals surface area contributed by atoms with E-state index in [1.807, 2.05) is 6.07 Å². The van der Waals surface area contributed by atoms with E-state index in [2.05, 4.69) is 5.32 Å². The van der Waals surface area contributed by atoms with E-state index < -0.39 is 4.92 Å². The quantitative estimate of drug-likeness (QED) is 0.507. The number of nitrogens with one attached hydrogen (secondary N) is 1. The third-order valence-corrected chi connectivity index (χ3v) is 3.39. The van der Waals surface area contributed by atoms with E-state index in [4.69, 9.17) is 5.26 Å². The summed E-state index contributed by atoms with van der Waals surface area (Å²) in [5.41, 5.74) is 0.145. The topological polar surface area (TPSA) is 99.2 Å². The maximum absolute atomic E-state index is 10.8. The first-order valence-electron chi connectivity index (χ1n) is 5.30. The number of anilines is 1. The number of aromatic hydroxyl groups is 1. The molecular formula is C12H9N3O3S. The van der Waals surface area contributed by atoms with Gasteiger partial charge in [-0.1, -0.05) is 0 Å². The Morgan fingerprint density at radius 2 is 2.21 bits per heavy atom. The minimum Gasteiger partial charge on any atom is -0.508 e. The standard InChI is InChI=1S/C12H9N3O3S/c13-6-9-2-3-10(19-9)7-14-11-4-1-8(16)5-12(11)15(17)18/h1-5,14,16H,7H2. The zero-order chi connectivity index (χ0) is 13.8. The van der Waals surface area contributed by atoms with Gasteiger partial charge in [0.15, 0.2) is 0 Å². The van der Waals surface area contributed by atoms with Crippen LogP contribution in [0.4, 0.5) is 11.4 Å². The van der Waals surface area contributed by atoms with Gasteiger partial charge < -0.3 is 10.4 Å². The second-order valence-electron chi connectivity index (χ2n) is 3.69. The van der Waals surface area contributed by atoms with Crippen molar-refractivity contribution in [3.05, 3.63) is 50.2 Å². The molecule has 0 spiro atoms. The molecule has 0 aliphatic heterocycles. The van der Waals surface area contributed by atoms with Gasteiger partial charge in [-0.2, -0.15) is 5.26 Å². The number of thiophene rings is 1. The first kappa shape index (κ1) is 12.9. The summed E-state index contributed by atoms with van der Waals surface area (Å²) in [6.45, 7) is 0.387. The van der Waals surface area contributed by atoms with Crippen molar-refractivity contribution >= 4 is 22.7 Å². The molecule has 0 fully saturated rings. The highest BCUT2D eigenvalue weighted by molar-refractivity contribution is 7.12. The predicted molar refractivity (Wildman–Crippen MR) is 71.1 cm³/mol. The molecule has 0 unspecified atom stereocenters. The van der Waals surface area contributed by atoms with Crippen molar-refractivity contribution in [2.75, 3.05) is 5.32 Å². The van der Waals surface area contributed by atoms with Crippen LogP contribution < -0.4 is 5.32 Å². The number of nitriles is 1. The van der Waals surface area contributed by atoms with Crippen molar-refractivity contribution in [1.29, 1.82) is 5.26 Å². The monoisotopic (exact) mass is 275 g/mol. The van der Waals surface area contributed by atoms with Crippen molar-refractivity contribution in [3.8, 4) is 11.8 Å². The molecule has 2 N–H and O–H groups in total. The van der Waals surface area contributed by atoms with Crippen LogP contribution in [-0.4, -0.2) is 10.0 Å². The van der Waals surface area contributed by atoms with Gasteiger partial charge in [0.25, 0.3) is 5.69 Å². The zero-order valence-electron chi connectivity index (χ0n) is 9.66. The maximum atomic E-state index is 10.8. The summed E-state index contributed by atoms with van der Waals surface area (Å²) in [7, 11) is 0. The van der Waals surface area contributed by atoms with E-state index >= 15 is 0 Å². The molecule has 0 saturated heterocycles. The van der Waals surface area contributed by atoms with Gasteiger partial charge in [-0.05, 0) is 24.3 Å². The van der Waals surface area contributed by atoms with Gasteiger partial charge in [-0.3, -0.25) is 10.1 Å². The highest BCUT2D eigenvalue weighted by Gasteiger charge is 2.14. The largest absolute Gasteiger partial charge is 0.508 e. The normalized spacial score (nSPS) is 9.84. The number of phenolic OH excluding ortho intramolecular Hbond substituents is 1. The van der Waals surface area contributed by atoms with Gasteiger partial charge in [0, 0.05) is 11.4 Å². The fourth-order valence-electron chi connectivity index (χ4n) is 1.54. The first-order chi connectivity index (χ1) is 9.10. The molecule has 19 heavy (non-hydrogen) atoms. The van der Waals surface area contributed by atoms with Crippen LogP contribution in [0.25, 0.3) is 0 Å². The van der Waals surface area contributed by atoms with Crippen LogP contribution in [0.1, 0.15) is 9.75 Å². The van der Waals surface area contributed by atoms with E-state index in [9.17, 15) is 15.2 Å². The Bertz CT molecular complexity index is 660. The van der Waals surface area contributed by atoms with Crippen LogP contribution in [-0.2, 0) is 6.54 Å². The van der Waals surface area contributed by atoms with Crippen LogP contribution in [0.2, 0.25) is 0 Å². The summed E-state index contributed by atoms with van der Waals surface area (Å²) in [5.74, 6) is -0.153. The van der Waals surface area contributed by atoms with Gasteiger partial charge in [0.1, 0.15) is 22.4 Å². The Kier molecular flexibility index (Phi) is 3.63. The molecular weight excluding hydrogens is 266 g/mol. The lowest BCUT2D eigenvalue weighted by Gasteiger charge is -2.05. The molecule has 0 saturated carbocycles. The molecule has 2 aromatic rings. The van der Waals surface area contributed by atoms with E-state index in [1.165, 1.54) is 23.5 Å². The lowest BCUT2D eigenvalue weighted by atomic mass is 10.2. The number of nitrogens with zero attached hydrogens (tertiary/aromatic N) is 2. The van der Waals surface area contributed by atoms with Crippen molar-refractivity contribution in [1.82, 2.24) is 0 Å². The summed E-state index contributed by atoms with van der Waals surface area (Å²) < 4.78 is 0. The molecule has 2 rings (SSSR count). The number of phenols is 1. The molecule has 96 valence electrons. The van der Waals surface area contributed by atoms with E-state index in [-0.39, 0.29) is 11.4 Å². The summed E-state index contributed by atoms with van der Waals surface area (Å²) in [6, 6.07) is 9.45. The SMILES string of the molecule is N#Cc1ccc(CNc2ccc(O)cc2[N+](=O)[O-])s1. The Labute approximate surface area is 112 Å². The summed E-state index contributed by atoms with van der Waals surface area (Å²) in [6.07, 6.45) is 0. The van der Waals surface area contributed by atoms with Gasteiger partial charge in [-0.25, -0.2) is 0 Å². The third kappa shape index (κ3) is 3.00. The van der Waals surface area contributed by atoms with Crippen molar-refractivity contribution < 1.29 is 10.0 Å². The van der Waals surface area contributed by atoms with Gasteiger partial charge in [-0.15, -0.1) is 11.3 Å². The van der Waals surface area contributed by atoms with Crippen LogP contribution in [0.15, 0.2) is 30.3 Å². The Morgan fingerprint density at radius 1 is 1.42 bits per heavy atom. The lowest BCUT2D eigenvalue weighted by molar-refractivity contribution is -0.384. The summed E-state index contributed by atoms with van der Waals surface area (Å²) in [5, 5.41) is 31.7. The third-order valence-electron chi connectivity index (χ3n) is 2.40. The van der Waals surface area contributed by atoms with Crippen molar-refractivity contribution in [3.63, 3.8) is 0 Å². The fourth-order valence-corrected chi connectivity index (χ4v) is 2.28. The van der Waals surface area contributed by atoms with Crippen LogP contribution in [0, 0.1) is 21.4 Å².